The topological polar surface area (TPSA) is 51.0 Å². The van der Waals surface area contributed by atoms with Crippen LogP contribution in [0, 0.1) is 0 Å². The Bertz CT molecular complexity index is 817. The SMILES string of the molecule is COC1(c2csc(Sc3ccc4c(c3)CC/C4=N\O)c2)CCOC1C. The number of hydrogen-bond donors (Lipinski definition) is 1. The molecule has 0 bridgehead atoms. The third-order valence-corrected chi connectivity index (χ3v) is 7.35. The van der Waals surface area contributed by atoms with Crippen molar-refractivity contribution in [1.29, 1.82) is 0 Å². The molecule has 2 heterocycles. The molecule has 132 valence electrons. The minimum Gasteiger partial charge on any atom is -0.411 e. The smallest absolute Gasteiger partial charge is 0.121 e. The van der Waals surface area contributed by atoms with Crippen molar-refractivity contribution >= 4 is 28.8 Å². The van der Waals surface area contributed by atoms with Gasteiger partial charge >= 0.3 is 0 Å². The van der Waals surface area contributed by atoms with Crippen LogP contribution in [-0.2, 0) is 21.5 Å². The van der Waals surface area contributed by atoms with E-state index in [-0.39, 0.29) is 11.7 Å². The molecule has 2 aliphatic rings. The fourth-order valence-electron chi connectivity index (χ4n) is 3.81. The molecule has 1 aliphatic carbocycles. The summed E-state index contributed by atoms with van der Waals surface area (Å²) in [7, 11) is 1.77. The Morgan fingerprint density at radius 3 is 2.96 bits per heavy atom. The van der Waals surface area contributed by atoms with E-state index in [9.17, 15) is 0 Å². The second-order valence-electron chi connectivity index (χ2n) is 6.48. The van der Waals surface area contributed by atoms with Crippen molar-refractivity contribution in [3.05, 3.63) is 46.3 Å². The molecule has 2 atom stereocenters. The highest BCUT2D eigenvalue weighted by Crippen LogP contribution is 2.44. The molecular weight excluding hydrogens is 354 g/mol. The van der Waals surface area contributed by atoms with Crippen LogP contribution in [-0.4, -0.2) is 30.7 Å². The van der Waals surface area contributed by atoms with Crippen LogP contribution in [0.15, 0.2) is 43.9 Å². The Hall–Kier alpha value is -1.34. The molecule has 0 radical (unpaired) electrons. The molecule has 2 unspecified atom stereocenters. The minimum atomic E-state index is -0.320. The zero-order chi connectivity index (χ0) is 17.4. The molecule has 0 saturated carbocycles. The van der Waals surface area contributed by atoms with Crippen LogP contribution in [0.2, 0.25) is 0 Å². The van der Waals surface area contributed by atoms with Crippen LogP contribution < -0.4 is 0 Å². The van der Waals surface area contributed by atoms with E-state index in [1.165, 1.54) is 20.2 Å². The summed E-state index contributed by atoms with van der Waals surface area (Å²) in [4.78, 5) is 1.22. The van der Waals surface area contributed by atoms with E-state index < -0.39 is 0 Å². The molecule has 1 N–H and O–H groups in total. The van der Waals surface area contributed by atoms with E-state index in [1.54, 1.807) is 30.2 Å². The maximum Gasteiger partial charge on any atom is 0.121 e. The van der Waals surface area contributed by atoms with Crippen molar-refractivity contribution in [3.63, 3.8) is 0 Å². The first-order valence-corrected chi connectivity index (χ1v) is 10.1. The van der Waals surface area contributed by atoms with Gasteiger partial charge in [-0.15, -0.1) is 11.3 Å². The number of rotatable bonds is 4. The lowest BCUT2D eigenvalue weighted by molar-refractivity contribution is -0.0645. The van der Waals surface area contributed by atoms with Crippen molar-refractivity contribution < 1.29 is 14.7 Å². The molecule has 1 fully saturated rings. The second-order valence-corrected chi connectivity index (χ2v) is 8.76. The largest absolute Gasteiger partial charge is 0.411 e. The van der Waals surface area contributed by atoms with Gasteiger partial charge in [0.15, 0.2) is 0 Å². The van der Waals surface area contributed by atoms with Crippen LogP contribution in [0.3, 0.4) is 0 Å². The Morgan fingerprint density at radius 2 is 2.24 bits per heavy atom. The molecular formula is C19H21NO3S2. The number of nitrogens with zero attached hydrogens (tertiary/aromatic N) is 1. The predicted octanol–water partition coefficient (Wildman–Crippen LogP) is 4.67. The van der Waals surface area contributed by atoms with Crippen molar-refractivity contribution in [2.45, 2.75) is 47.0 Å². The molecule has 1 saturated heterocycles. The lowest BCUT2D eigenvalue weighted by Gasteiger charge is -2.30. The minimum absolute atomic E-state index is 0.0705. The number of oxime groups is 1. The molecule has 6 heteroatoms. The monoisotopic (exact) mass is 375 g/mol. The number of methoxy groups -OCH3 is 1. The summed E-state index contributed by atoms with van der Waals surface area (Å²) in [6.07, 6.45) is 2.73. The van der Waals surface area contributed by atoms with E-state index in [1.807, 2.05) is 0 Å². The predicted molar refractivity (Wildman–Crippen MR) is 100 cm³/mol. The summed E-state index contributed by atoms with van der Waals surface area (Å²) in [5.41, 5.74) is 4.03. The summed E-state index contributed by atoms with van der Waals surface area (Å²) in [6.45, 7) is 2.83. The lowest BCUT2D eigenvalue weighted by Crippen LogP contribution is -2.35. The van der Waals surface area contributed by atoms with Crippen molar-refractivity contribution in [1.82, 2.24) is 0 Å². The number of thiophene rings is 1. The van der Waals surface area contributed by atoms with E-state index in [0.717, 1.165) is 37.1 Å². The molecule has 25 heavy (non-hydrogen) atoms. The Kier molecular flexibility index (Phi) is 4.62. The van der Waals surface area contributed by atoms with E-state index >= 15 is 0 Å². The number of hydrogen-bond acceptors (Lipinski definition) is 6. The van der Waals surface area contributed by atoms with Gasteiger partial charge in [-0.25, -0.2) is 0 Å². The highest BCUT2D eigenvalue weighted by Gasteiger charge is 2.44. The Balaban J connectivity index is 1.56. The zero-order valence-electron chi connectivity index (χ0n) is 14.3. The highest BCUT2D eigenvalue weighted by atomic mass is 32.2. The number of aryl methyl sites for hydroxylation is 1. The average Bonchev–Trinajstić information content (AvgIpc) is 3.33. The van der Waals surface area contributed by atoms with Gasteiger partial charge < -0.3 is 14.7 Å². The Morgan fingerprint density at radius 1 is 1.36 bits per heavy atom. The van der Waals surface area contributed by atoms with Gasteiger partial charge in [0.2, 0.25) is 0 Å². The van der Waals surface area contributed by atoms with Crippen LogP contribution >= 0.6 is 23.1 Å². The molecule has 1 aromatic heterocycles. The van der Waals surface area contributed by atoms with Gasteiger partial charge in [-0.05, 0) is 54.5 Å². The van der Waals surface area contributed by atoms with Crippen molar-refractivity contribution in [2.75, 3.05) is 13.7 Å². The van der Waals surface area contributed by atoms with E-state index in [0.29, 0.717) is 0 Å². The van der Waals surface area contributed by atoms with E-state index in [4.69, 9.17) is 14.7 Å². The average molecular weight is 376 g/mol. The molecule has 2 aromatic rings. The standard InChI is InChI=1S/C19H21NO3S2/c1-12-19(22-2,7-8-23-12)14-10-18(24-11-14)25-15-4-5-16-13(9-15)3-6-17(16)20-21/h4-5,9-12,21H,3,6-8H2,1-2H3/b20-17+. The second kappa shape index (κ2) is 6.76. The molecule has 0 amide bonds. The van der Waals surface area contributed by atoms with Gasteiger partial charge in [0.25, 0.3) is 0 Å². The van der Waals surface area contributed by atoms with Crippen molar-refractivity contribution in [3.8, 4) is 0 Å². The normalized spacial score (nSPS) is 27.1. The van der Waals surface area contributed by atoms with Gasteiger partial charge in [-0.2, -0.15) is 0 Å². The molecule has 1 aliphatic heterocycles. The van der Waals surface area contributed by atoms with Gasteiger partial charge in [-0.3, -0.25) is 0 Å². The van der Waals surface area contributed by atoms with Crippen LogP contribution in [0.25, 0.3) is 0 Å². The number of benzene rings is 1. The maximum absolute atomic E-state index is 9.06. The third kappa shape index (κ3) is 2.91. The maximum atomic E-state index is 9.06. The summed E-state index contributed by atoms with van der Waals surface area (Å²) in [6, 6.07) is 8.62. The molecule has 4 nitrogen and oxygen atoms in total. The van der Waals surface area contributed by atoms with Crippen LogP contribution in [0.1, 0.15) is 36.5 Å². The fraction of sp³-hybridized carbons (Fsp3) is 0.421. The number of ether oxygens (including phenoxy) is 2. The molecule has 1 aromatic carbocycles. The first kappa shape index (κ1) is 17.1. The third-order valence-electron chi connectivity index (χ3n) is 5.28. The quantitative estimate of drug-likeness (QED) is 0.623. The van der Waals surface area contributed by atoms with Gasteiger partial charge in [0.05, 0.1) is 22.6 Å². The first-order chi connectivity index (χ1) is 12.2. The lowest BCUT2D eigenvalue weighted by atomic mass is 9.90. The van der Waals surface area contributed by atoms with Crippen molar-refractivity contribution in [2.24, 2.45) is 5.16 Å². The number of fused-ring (bicyclic) bond motifs is 1. The first-order valence-electron chi connectivity index (χ1n) is 8.44. The fourth-order valence-corrected chi connectivity index (χ4v) is 5.90. The summed E-state index contributed by atoms with van der Waals surface area (Å²) >= 11 is 3.52. The summed E-state index contributed by atoms with van der Waals surface area (Å²) < 4.78 is 12.9. The van der Waals surface area contributed by atoms with Crippen LogP contribution in [0.4, 0.5) is 0 Å². The van der Waals surface area contributed by atoms with E-state index in [2.05, 4.69) is 41.7 Å². The highest BCUT2D eigenvalue weighted by molar-refractivity contribution is 8.01. The van der Waals surface area contributed by atoms with Gasteiger partial charge in [0.1, 0.15) is 5.60 Å². The summed E-state index contributed by atoms with van der Waals surface area (Å²) in [5, 5.41) is 14.7. The molecule has 4 rings (SSSR count). The molecule has 0 spiro atoms. The van der Waals surface area contributed by atoms with Gasteiger partial charge in [-0.1, -0.05) is 23.0 Å². The Labute approximate surface area is 155 Å². The summed E-state index contributed by atoms with van der Waals surface area (Å²) in [5.74, 6) is 0. The van der Waals surface area contributed by atoms with Crippen LogP contribution in [0.5, 0.6) is 0 Å². The van der Waals surface area contributed by atoms with Gasteiger partial charge in [0, 0.05) is 24.0 Å². The zero-order valence-corrected chi connectivity index (χ0v) is 16.0.